The van der Waals surface area contributed by atoms with Crippen molar-refractivity contribution in [2.45, 2.75) is 31.1 Å². The van der Waals surface area contributed by atoms with E-state index in [0.717, 1.165) is 19.8 Å². The molecule has 0 aliphatic carbocycles. The Kier molecular flexibility index (Phi) is 12.6. The molecule has 0 aliphatic rings. The Labute approximate surface area is 73.9 Å². The molecule has 11 heavy (non-hydrogen) atoms. The summed E-state index contributed by atoms with van der Waals surface area (Å²) in [5.74, 6) is -1.08. The second kappa shape index (κ2) is 10.1. The third-order valence-electron chi connectivity index (χ3n) is 0.719. The van der Waals surface area contributed by atoms with Crippen LogP contribution < -0.4 is 5.11 Å². The Morgan fingerprint density at radius 2 is 1.91 bits per heavy atom. The van der Waals surface area contributed by atoms with Gasteiger partial charge in [0.25, 0.3) is 0 Å². The molecule has 0 spiro atoms. The van der Waals surface area contributed by atoms with Gasteiger partial charge in [0.05, 0.1) is 0 Å². The second-order valence-electron chi connectivity index (χ2n) is 1.93. The molecule has 0 aromatic heterocycles. The predicted octanol–water partition coefficient (Wildman–Crippen LogP) is 0.970. The van der Waals surface area contributed by atoms with Gasteiger partial charge in [-0.2, -0.15) is 0 Å². The van der Waals surface area contributed by atoms with Crippen molar-refractivity contribution in [3.63, 3.8) is 0 Å². The van der Waals surface area contributed by atoms with Crippen molar-refractivity contribution in [1.82, 2.24) is 0 Å². The summed E-state index contributed by atoms with van der Waals surface area (Å²) < 4.78 is 23.1. The maximum absolute atomic E-state index is 11.4. The monoisotopic (exact) mass is 274 g/mol. The van der Waals surface area contributed by atoms with Crippen LogP contribution in [-0.4, -0.2) is 26.9 Å². The van der Waals surface area contributed by atoms with E-state index < -0.39 is 26.9 Å². The zero-order valence-electron chi connectivity index (χ0n) is 6.69. The molecule has 66 valence electrons. The number of halogens is 2. The summed E-state index contributed by atoms with van der Waals surface area (Å²) in [5.41, 5.74) is 0. The average molecular weight is 273 g/mol. The number of carboxylic acid groups (broad SMARTS) is 1. The van der Waals surface area contributed by atoms with Crippen molar-refractivity contribution in [3.05, 3.63) is 0 Å². The quantitative estimate of drug-likeness (QED) is 0.719. The van der Waals surface area contributed by atoms with Crippen molar-refractivity contribution in [2.24, 2.45) is 0 Å². The van der Waals surface area contributed by atoms with E-state index in [0.29, 0.717) is 0 Å². The van der Waals surface area contributed by atoms with Crippen LogP contribution in [0, 0.1) is 0 Å². The van der Waals surface area contributed by atoms with E-state index in [-0.39, 0.29) is 4.44 Å². The Balaban J connectivity index is 0. The third kappa shape index (κ3) is 39.3. The Hall–Kier alpha value is 0.129. The normalized spacial score (nSPS) is 8.00. The van der Waals surface area contributed by atoms with Gasteiger partial charge in [0.2, 0.25) is 0 Å². The van der Waals surface area contributed by atoms with Gasteiger partial charge in [0.15, 0.2) is 0 Å². The van der Waals surface area contributed by atoms with E-state index in [9.17, 15) is 5.73 Å². The molecule has 0 aromatic carbocycles. The van der Waals surface area contributed by atoms with Crippen LogP contribution in [0.2, 0.25) is 4.44 Å². The maximum atomic E-state index is 11.4. The van der Waals surface area contributed by atoms with Gasteiger partial charge in [-0.25, -0.2) is 0 Å². The van der Waals surface area contributed by atoms with Crippen molar-refractivity contribution in [1.29, 1.82) is 0 Å². The number of carboxylic acids is 1. The molecule has 0 heterocycles. The summed E-state index contributed by atoms with van der Waals surface area (Å²) in [5, 5.41) is 8.89. The van der Waals surface area contributed by atoms with Crippen molar-refractivity contribution < 1.29 is 15.6 Å². The first kappa shape index (κ1) is 13.7. The minimum atomic E-state index is -3.64. The van der Waals surface area contributed by atoms with E-state index in [1.54, 1.807) is 0 Å². The van der Waals surface area contributed by atoms with Gasteiger partial charge in [-0.15, -0.1) is 0 Å². The van der Waals surface area contributed by atoms with Gasteiger partial charge in [0, 0.05) is 5.97 Å². The molecular weight excluding hydrogens is 261 g/mol. The molecule has 0 amide bonds. The number of hydrogen-bond donors (Lipinski definition) is 0. The number of unbranched alkanes of at least 4 members (excludes halogenated alkanes) is 1. The molecule has 0 N–H and O–H groups in total. The summed E-state index contributed by atoms with van der Waals surface area (Å²) in [6, 6.07) is 0. The number of hydrogen-bond acceptors (Lipinski definition) is 2. The molecule has 0 rings (SSSR count). The molecule has 2 nitrogen and oxygen atoms in total. The first-order valence-corrected chi connectivity index (χ1v) is 7.52. The molecule has 0 saturated carbocycles. The van der Waals surface area contributed by atoms with Gasteiger partial charge in [-0.05, 0) is 6.92 Å². The molecule has 5 heteroatoms. The number of aliphatic carboxylic acids is 1. The second-order valence-corrected chi connectivity index (χ2v) is 5.29. The SMILES string of the molecule is CC(=O)[O-].CCC[CH2][Sn+]([F])[F]. The summed E-state index contributed by atoms with van der Waals surface area (Å²) in [4.78, 5) is 8.89. The minimum absolute atomic E-state index is 0.263. The van der Waals surface area contributed by atoms with Gasteiger partial charge in [-0.3, -0.25) is 0 Å². The molecule has 0 bridgehead atoms. The van der Waals surface area contributed by atoms with Gasteiger partial charge >= 0.3 is 50.8 Å². The molecule has 0 radical (unpaired) electrons. The summed E-state index contributed by atoms with van der Waals surface area (Å²) >= 11 is -3.64. The summed E-state index contributed by atoms with van der Waals surface area (Å²) in [6.45, 7) is 2.91. The summed E-state index contributed by atoms with van der Waals surface area (Å²) in [6.07, 6.45) is 1.65. The van der Waals surface area contributed by atoms with Crippen LogP contribution in [0.1, 0.15) is 26.7 Å². The van der Waals surface area contributed by atoms with Crippen molar-refractivity contribution in [2.75, 3.05) is 0 Å². The average Bonchev–Trinajstić information content (AvgIpc) is 1.82. The van der Waals surface area contributed by atoms with Crippen LogP contribution in [-0.2, 0) is 4.79 Å². The van der Waals surface area contributed by atoms with E-state index >= 15 is 0 Å². The first-order chi connectivity index (χ1) is 5.00. The predicted molar refractivity (Wildman–Crippen MR) is 38.4 cm³/mol. The van der Waals surface area contributed by atoms with E-state index in [4.69, 9.17) is 9.90 Å². The van der Waals surface area contributed by atoms with Crippen LogP contribution in [0.25, 0.3) is 0 Å². The Bertz CT molecular complexity index is 94.6. The Morgan fingerprint density at radius 3 is 2.00 bits per heavy atom. The molecule has 0 aromatic rings. The zero-order valence-corrected chi connectivity index (χ0v) is 9.55. The summed E-state index contributed by atoms with van der Waals surface area (Å²) in [7, 11) is 0. The van der Waals surface area contributed by atoms with Crippen LogP contribution >= 0.6 is 0 Å². The zero-order chi connectivity index (χ0) is 9.28. The van der Waals surface area contributed by atoms with Gasteiger partial charge < -0.3 is 9.90 Å². The number of carbonyl (C=O) groups excluding carboxylic acids is 1. The van der Waals surface area contributed by atoms with Gasteiger partial charge in [0.1, 0.15) is 0 Å². The van der Waals surface area contributed by atoms with Crippen molar-refractivity contribution >= 4 is 26.9 Å². The molecule has 0 fully saturated rings. The van der Waals surface area contributed by atoms with Crippen LogP contribution in [0.15, 0.2) is 0 Å². The topological polar surface area (TPSA) is 40.1 Å². The number of rotatable bonds is 3. The molecule has 0 saturated heterocycles. The standard InChI is InChI=1S/C4H9.C2H4O2.2FH.Sn/c1-3-4-2;1-2(3)4;;;/h1,3-4H2,2H3;1H3,(H,3,4);2*1H;/q;;;;+3/p-3. The third-order valence-corrected chi connectivity index (χ3v) is 2.81. The van der Waals surface area contributed by atoms with Crippen LogP contribution in [0.5, 0.6) is 0 Å². The fourth-order valence-electron chi connectivity index (χ4n) is 0.310. The van der Waals surface area contributed by atoms with E-state index in [1.807, 2.05) is 6.92 Å². The molecular formula is C6H12F2O2Sn. The molecule has 0 atom stereocenters. The fraction of sp³-hybridized carbons (Fsp3) is 0.833. The number of carbonyl (C=O) groups is 1. The van der Waals surface area contributed by atoms with E-state index in [1.165, 1.54) is 0 Å². The van der Waals surface area contributed by atoms with Crippen molar-refractivity contribution in [3.8, 4) is 0 Å². The van der Waals surface area contributed by atoms with E-state index in [2.05, 4.69) is 0 Å². The van der Waals surface area contributed by atoms with Crippen LogP contribution in [0.3, 0.4) is 0 Å². The van der Waals surface area contributed by atoms with Crippen LogP contribution in [0.4, 0.5) is 5.73 Å². The molecule has 0 unspecified atom stereocenters. The first-order valence-electron chi connectivity index (χ1n) is 3.35. The Morgan fingerprint density at radius 1 is 1.55 bits per heavy atom. The fourth-order valence-corrected chi connectivity index (χ4v) is 2.08. The molecule has 0 aliphatic heterocycles. The van der Waals surface area contributed by atoms with Gasteiger partial charge in [-0.1, -0.05) is 0 Å².